The van der Waals surface area contributed by atoms with E-state index in [1.54, 1.807) is 0 Å². The molecule has 0 aromatic heterocycles. The van der Waals surface area contributed by atoms with E-state index in [4.69, 9.17) is 0 Å². The fourth-order valence-corrected chi connectivity index (χ4v) is 1.91. The molecule has 15 heavy (non-hydrogen) atoms. The molecule has 0 aliphatic heterocycles. The van der Waals surface area contributed by atoms with Crippen LogP contribution in [0.5, 0.6) is 0 Å². The van der Waals surface area contributed by atoms with Crippen molar-refractivity contribution in [2.75, 3.05) is 7.11 Å². The summed E-state index contributed by atoms with van der Waals surface area (Å²) in [4.78, 5) is 11.2. The maximum Gasteiger partial charge on any atom is 0.337 e. The van der Waals surface area contributed by atoms with E-state index in [9.17, 15) is 4.79 Å². The van der Waals surface area contributed by atoms with Gasteiger partial charge in [0.2, 0.25) is 0 Å². The third-order valence-corrected chi connectivity index (χ3v) is 3.19. The molecule has 2 rings (SSSR count). The monoisotopic (exact) mass is 204 g/mol. The van der Waals surface area contributed by atoms with Crippen molar-refractivity contribution in [3.8, 4) is 0 Å². The lowest BCUT2D eigenvalue weighted by Crippen LogP contribution is -2.02. The van der Waals surface area contributed by atoms with Crippen molar-refractivity contribution in [2.24, 2.45) is 5.92 Å². The summed E-state index contributed by atoms with van der Waals surface area (Å²) < 4.78 is 4.66. The summed E-state index contributed by atoms with van der Waals surface area (Å²) in [6, 6.07) is 7.77. The van der Waals surface area contributed by atoms with Gasteiger partial charge in [0.1, 0.15) is 0 Å². The second kappa shape index (κ2) is 4.05. The van der Waals surface area contributed by atoms with Crippen LogP contribution in [0.3, 0.4) is 0 Å². The molecule has 1 saturated carbocycles. The number of ether oxygens (including phenoxy) is 1. The minimum absolute atomic E-state index is 0.263. The van der Waals surface area contributed by atoms with Gasteiger partial charge in [0.05, 0.1) is 12.7 Å². The summed E-state index contributed by atoms with van der Waals surface area (Å²) in [6.07, 6.45) is 2.69. The quantitative estimate of drug-likeness (QED) is 0.707. The highest BCUT2D eigenvalue weighted by atomic mass is 16.5. The number of carbonyl (C=O) groups excluding carboxylic acids is 1. The first-order chi connectivity index (χ1) is 7.22. The molecule has 0 heterocycles. The van der Waals surface area contributed by atoms with E-state index in [1.165, 1.54) is 25.5 Å². The molecule has 1 unspecified atom stereocenters. The van der Waals surface area contributed by atoms with Gasteiger partial charge in [0.15, 0.2) is 0 Å². The van der Waals surface area contributed by atoms with Crippen LogP contribution in [0.25, 0.3) is 0 Å². The van der Waals surface area contributed by atoms with Crippen molar-refractivity contribution in [2.45, 2.75) is 25.7 Å². The normalized spacial score (nSPS) is 17.2. The van der Waals surface area contributed by atoms with Gasteiger partial charge in [0.25, 0.3) is 0 Å². The Morgan fingerprint density at radius 3 is 2.40 bits per heavy atom. The van der Waals surface area contributed by atoms with Crippen molar-refractivity contribution in [3.05, 3.63) is 35.4 Å². The van der Waals surface area contributed by atoms with Crippen molar-refractivity contribution in [1.29, 1.82) is 0 Å². The Morgan fingerprint density at radius 2 is 1.93 bits per heavy atom. The topological polar surface area (TPSA) is 26.3 Å². The molecule has 0 amide bonds. The van der Waals surface area contributed by atoms with Crippen LogP contribution in [0, 0.1) is 5.92 Å². The fourth-order valence-electron chi connectivity index (χ4n) is 1.91. The Hall–Kier alpha value is -1.31. The second-order valence-corrected chi connectivity index (χ2v) is 4.24. The third-order valence-electron chi connectivity index (χ3n) is 3.19. The van der Waals surface area contributed by atoms with E-state index in [0.717, 1.165) is 5.92 Å². The van der Waals surface area contributed by atoms with Crippen molar-refractivity contribution in [3.63, 3.8) is 0 Å². The van der Waals surface area contributed by atoms with Crippen LogP contribution in [0.1, 0.15) is 41.6 Å². The van der Waals surface area contributed by atoms with Gasteiger partial charge >= 0.3 is 5.97 Å². The molecule has 1 aromatic carbocycles. The summed E-state index contributed by atoms with van der Waals surface area (Å²) in [7, 11) is 1.41. The first-order valence-corrected chi connectivity index (χ1v) is 5.40. The number of methoxy groups -OCH3 is 1. The van der Waals surface area contributed by atoms with E-state index >= 15 is 0 Å². The second-order valence-electron chi connectivity index (χ2n) is 4.24. The van der Waals surface area contributed by atoms with Gasteiger partial charge in [-0.2, -0.15) is 0 Å². The van der Waals surface area contributed by atoms with E-state index in [1.807, 2.05) is 24.3 Å². The van der Waals surface area contributed by atoms with Gasteiger partial charge in [-0.1, -0.05) is 19.1 Å². The number of hydrogen-bond donors (Lipinski definition) is 0. The first-order valence-electron chi connectivity index (χ1n) is 5.40. The Labute approximate surface area is 90.3 Å². The van der Waals surface area contributed by atoms with Gasteiger partial charge in [-0.05, 0) is 42.4 Å². The molecule has 0 spiro atoms. The number of benzene rings is 1. The number of hydrogen-bond acceptors (Lipinski definition) is 2. The molecule has 0 N–H and O–H groups in total. The minimum Gasteiger partial charge on any atom is -0.465 e. The van der Waals surface area contributed by atoms with E-state index in [2.05, 4.69) is 11.7 Å². The van der Waals surface area contributed by atoms with Crippen LogP contribution in [0.2, 0.25) is 0 Å². The van der Waals surface area contributed by atoms with Gasteiger partial charge in [0, 0.05) is 0 Å². The summed E-state index contributed by atoms with van der Waals surface area (Å²) in [6.45, 7) is 2.25. The fraction of sp³-hybridized carbons (Fsp3) is 0.462. The van der Waals surface area contributed by atoms with Crippen LogP contribution in [0.15, 0.2) is 24.3 Å². The zero-order valence-electron chi connectivity index (χ0n) is 9.19. The van der Waals surface area contributed by atoms with Gasteiger partial charge in [-0.15, -0.1) is 0 Å². The standard InChI is InChI=1S/C13H16O2/c1-9(10-3-4-10)11-5-7-12(8-6-11)13(14)15-2/h5-10H,3-4H2,1-2H3. The largest absolute Gasteiger partial charge is 0.465 e. The lowest BCUT2D eigenvalue weighted by molar-refractivity contribution is 0.0600. The average molecular weight is 204 g/mol. The summed E-state index contributed by atoms with van der Waals surface area (Å²) in [5.74, 6) is 1.21. The predicted molar refractivity (Wildman–Crippen MR) is 58.9 cm³/mol. The van der Waals surface area contributed by atoms with E-state index < -0.39 is 0 Å². The van der Waals surface area contributed by atoms with Gasteiger partial charge < -0.3 is 4.74 Å². The predicted octanol–water partition coefficient (Wildman–Crippen LogP) is 2.99. The minimum atomic E-state index is -0.263. The summed E-state index contributed by atoms with van der Waals surface area (Å²) in [5.41, 5.74) is 1.95. The lowest BCUT2D eigenvalue weighted by Gasteiger charge is -2.10. The molecule has 1 fully saturated rings. The van der Waals surface area contributed by atoms with Crippen LogP contribution < -0.4 is 0 Å². The van der Waals surface area contributed by atoms with Crippen LogP contribution in [0.4, 0.5) is 0 Å². The van der Waals surface area contributed by atoms with Crippen molar-refractivity contribution in [1.82, 2.24) is 0 Å². The highest BCUT2D eigenvalue weighted by Crippen LogP contribution is 2.42. The molecule has 1 atom stereocenters. The maximum atomic E-state index is 11.2. The smallest absolute Gasteiger partial charge is 0.337 e. The molecule has 0 saturated heterocycles. The molecule has 1 aliphatic carbocycles. The molecular weight excluding hydrogens is 188 g/mol. The average Bonchev–Trinajstić information content (AvgIpc) is 3.11. The highest BCUT2D eigenvalue weighted by Gasteiger charge is 2.28. The molecule has 0 bridgehead atoms. The molecule has 1 aromatic rings. The number of esters is 1. The Morgan fingerprint density at radius 1 is 1.33 bits per heavy atom. The number of carbonyl (C=O) groups is 1. The van der Waals surface area contributed by atoms with Crippen LogP contribution >= 0.6 is 0 Å². The molecule has 2 nitrogen and oxygen atoms in total. The molecule has 1 aliphatic rings. The van der Waals surface area contributed by atoms with E-state index in [0.29, 0.717) is 11.5 Å². The van der Waals surface area contributed by atoms with Crippen molar-refractivity contribution >= 4 is 5.97 Å². The third kappa shape index (κ3) is 2.20. The SMILES string of the molecule is COC(=O)c1ccc(C(C)C2CC2)cc1. The van der Waals surface area contributed by atoms with Crippen molar-refractivity contribution < 1.29 is 9.53 Å². The summed E-state index contributed by atoms with van der Waals surface area (Å²) >= 11 is 0. The van der Waals surface area contributed by atoms with Gasteiger partial charge in [-0.3, -0.25) is 0 Å². The molecular formula is C13H16O2. The van der Waals surface area contributed by atoms with Crippen LogP contribution in [-0.4, -0.2) is 13.1 Å². The molecule has 0 radical (unpaired) electrons. The zero-order valence-corrected chi connectivity index (χ0v) is 9.19. The lowest BCUT2D eigenvalue weighted by atomic mass is 9.95. The Kier molecular flexibility index (Phi) is 2.76. The highest BCUT2D eigenvalue weighted by molar-refractivity contribution is 5.89. The molecule has 2 heteroatoms. The van der Waals surface area contributed by atoms with Gasteiger partial charge in [-0.25, -0.2) is 4.79 Å². The summed E-state index contributed by atoms with van der Waals surface area (Å²) in [5, 5.41) is 0. The van der Waals surface area contributed by atoms with Crippen LogP contribution in [-0.2, 0) is 4.74 Å². The Balaban J connectivity index is 2.12. The van der Waals surface area contributed by atoms with E-state index in [-0.39, 0.29) is 5.97 Å². The zero-order chi connectivity index (χ0) is 10.8. The maximum absolute atomic E-state index is 11.2. The number of rotatable bonds is 3. The molecule has 80 valence electrons. The first kappa shape index (κ1) is 10.2. The Bertz CT molecular complexity index is 349.